The Kier molecular flexibility index (Phi) is 5.01. The Morgan fingerprint density at radius 3 is 2.53 bits per heavy atom. The molecule has 0 aliphatic carbocycles. The summed E-state index contributed by atoms with van der Waals surface area (Å²) in [6.45, 7) is 6.23. The first-order chi connectivity index (χ1) is 8.04. The third-order valence-electron chi connectivity index (χ3n) is 2.78. The van der Waals surface area contributed by atoms with Gasteiger partial charge in [-0.25, -0.2) is 0 Å². The van der Waals surface area contributed by atoms with Gasteiger partial charge in [0.15, 0.2) is 0 Å². The topological polar surface area (TPSA) is 49.3 Å². The van der Waals surface area contributed by atoms with Crippen LogP contribution < -0.4 is 5.32 Å². The molecule has 0 spiro atoms. The predicted molar refractivity (Wildman–Crippen MR) is 70.0 cm³/mol. The van der Waals surface area contributed by atoms with Gasteiger partial charge in [0.1, 0.15) is 5.75 Å². The van der Waals surface area contributed by atoms with Crippen LogP contribution in [0.4, 0.5) is 5.69 Å². The maximum Gasteiger partial charge on any atom is 0.227 e. The number of amides is 1. The van der Waals surface area contributed by atoms with Crippen LogP contribution in [0.2, 0.25) is 0 Å². The van der Waals surface area contributed by atoms with E-state index in [-0.39, 0.29) is 17.6 Å². The summed E-state index contributed by atoms with van der Waals surface area (Å²) in [4.78, 5) is 12.0. The van der Waals surface area contributed by atoms with E-state index in [0.717, 1.165) is 12.8 Å². The highest BCUT2D eigenvalue weighted by atomic mass is 16.3. The summed E-state index contributed by atoms with van der Waals surface area (Å²) in [5.74, 6) is 0.604. The average Bonchev–Trinajstić information content (AvgIpc) is 2.28. The molecule has 1 aromatic carbocycles. The SMILES string of the molecule is CCC(CC(C)C)C(=O)Nc1ccccc1O. The third-order valence-corrected chi connectivity index (χ3v) is 2.78. The number of rotatable bonds is 5. The molecule has 1 rings (SSSR count). The second kappa shape index (κ2) is 6.28. The van der Waals surface area contributed by atoms with Gasteiger partial charge in [-0.3, -0.25) is 4.79 Å². The van der Waals surface area contributed by atoms with Crippen molar-refractivity contribution in [2.45, 2.75) is 33.6 Å². The van der Waals surface area contributed by atoms with E-state index in [0.29, 0.717) is 11.6 Å². The zero-order chi connectivity index (χ0) is 12.8. The van der Waals surface area contributed by atoms with Gasteiger partial charge in [0, 0.05) is 5.92 Å². The molecule has 0 bridgehead atoms. The monoisotopic (exact) mass is 235 g/mol. The largest absolute Gasteiger partial charge is 0.506 e. The molecule has 3 heteroatoms. The Labute approximate surface area is 103 Å². The Hall–Kier alpha value is -1.51. The molecule has 2 N–H and O–H groups in total. The van der Waals surface area contributed by atoms with Crippen LogP contribution in [0.15, 0.2) is 24.3 Å². The first-order valence-corrected chi connectivity index (χ1v) is 6.13. The van der Waals surface area contributed by atoms with Crippen LogP contribution in [0.3, 0.4) is 0 Å². The van der Waals surface area contributed by atoms with E-state index < -0.39 is 0 Å². The van der Waals surface area contributed by atoms with Crippen molar-refractivity contribution in [2.75, 3.05) is 5.32 Å². The third kappa shape index (κ3) is 4.10. The molecule has 0 aliphatic heterocycles. The molecule has 0 saturated heterocycles. The highest BCUT2D eigenvalue weighted by molar-refractivity contribution is 5.93. The van der Waals surface area contributed by atoms with Crippen molar-refractivity contribution >= 4 is 11.6 Å². The van der Waals surface area contributed by atoms with E-state index in [4.69, 9.17) is 0 Å². The Balaban J connectivity index is 2.67. The van der Waals surface area contributed by atoms with Gasteiger partial charge in [0.2, 0.25) is 5.91 Å². The fourth-order valence-corrected chi connectivity index (χ4v) is 1.84. The van der Waals surface area contributed by atoms with Crippen molar-refractivity contribution in [3.05, 3.63) is 24.3 Å². The van der Waals surface area contributed by atoms with E-state index in [2.05, 4.69) is 19.2 Å². The van der Waals surface area contributed by atoms with Crippen molar-refractivity contribution in [3.63, 3.8) is 0 Å². The first kappa shape index (κ1) is 13.6. The second-order valence-electron chi connectivity index (χ2n) is 4.74. The number of benzene rings is 1. The standard InChI is InChI=1S/C14H21NO2/c1-4-11(9-10(2)3)14(17)15-12-7-5-6-8-13(12)16/h5-8,10-11,16H,4,9H2,1-3H3,(H,15,17). The fourth-order valence-electron chi connectivity index (χ4n) is 1.84. The van der Waals surface area contributed by atoms with E-state index in [1.54, 1.807) is 24.3 Å². The van der Waals surface area contributed by atoms with Crippen LogP contribution in [0.5, 0.6) is 5.75 Å². The molecule has 1 unspecified atom stereocenters. The number of phenols is 1. The zero-order valence-corrected chi connectivity index (χ0v) is 10.7. The smallest absolute Gasteiger partial charge is 0.227 e. The number of hydrogen-bond donors (Lipinski definition) is 2. The average molecular weight is 235 g/mol. The minimum absolute atomic E-state index is 0.00889. The lowest BCUT2D eigenvalue weighted by Gasteiger charge is -2.17. The second-order valence-corrected chi connectivity index (χ2v) is 4.74. The minimum atomic E-state index is -0.0114. The molecular formula is C14H21NO2. The number of nitrogens with one attached hydrogen (secondary N) is 1. The Morgan fingerprint density at radius 2 is 2.00 bits per heavy atom. The summed E-state index contributed by atoms with van der Waals surface area (Å²) in [5, 5.41) is 12.4. The predicted octanol–water partition coefficient (Wildman–Crippen LogP) is 3.40. The van der Waals surface area contributed by atoms with Crippen molar-refractivity contribution < 1.29 is 9.90 Å². The lowest BCUT2D eigenvalue weighted by atomic mass is 9.94. The molecule has 0 aromatic heterocycles. The lowest BCUT2D eigenvalue weighted by molar-refractivity contribution is -0.120. The highest BCUT2D eigenvalue weighted by Gasteiger charge is 2.18. The highest BCUT2D eigenvalue weighted by Crippen LogP contribution is 2.24. The number of aromatic hydroxyl groups is 1. The summed E-state index contributed by atoms with van der Waals surface area (Å²) in [6, 6.07) is 6.80. The normalized spacial score (nSPS) is 12.5. The van der Waals surface area contributed by atoms with Crippen LogP contribution in [0, 0.1) is 11.8 Å². The van der Waals surface area contributed by atoms with Crippen LogP contribution >= 0.6 is 0 Å². The number of anilines is 1. The molecular weight excluding hydrogens is 214 g/mol. The van der Waals surface area contributed by atoms with E-state index >= 15 is 0 Å². The van der Waals surface area contributed by atoms with Gasteiger partial charge < -0.3 is 10.4 Å². The molecule has 1 aromatic rings. The first-order valence-electron chi connectivity index (χ1n) is 6.13. The van der Waals surface area contributed by atoms with Crippen LogP contribution in [0.25, 0.3) is 0 Å². The fraction of sp³-hybridized carbons (Fsp3) is 0.500. The molecule has 3 nitrogen and oxygen atoms in total. The van der Waals surface area contributed by atoms with Gasteiger partial charge >= 0.3 is 0 Å². The van der Waals surface area contributed by atoms with Crippen LogP contribution in [-0.4, -0.2) is 11.0 Å². The summed E-state index contributed by atoms with van der Waals surface area (Å²) in [7, 11) is 0. The summed E-state index contributed by atoms with van der Waals surface area (Å²) in [5.41, 5.74) is 0.486. The van der Waals surface area contributed by atoms with Gasteiger partial charge in [-0.05, 0) is 30.9 Å². The van der Waals surface area contributed by atoms with Gasteiger partial charge in [0.05, 0.1) is 5.69 Å². The molecule has 0 fully saturated rings. The molecule has 1 amide bonds. The van der Waals surface area contributed by atoms with Crippen molar-refractivity contribution in [1.82, 2.24) is 0 Å². The molecule has 0 heterocycles. The molecule has 0 saturated carbocycles. The molecule has 94 valence electrons. The van der Waals surface area contributed by atoms with Gasteiger partial charge in [0.25, 0.3) is 0 Å². The summed E-state index contributed by atoms with van der Waals surface area (Å²) >= 11 is 0. The van der Waals surface area contributed by atoms with E-state index in [1.165, 1.54) is 0 Å². The number of carbonyl (C=O) groups is 1. The molecule has 1 atom stereocenters. The van der Waals surface area contributed by atoms with Gasteiger partial charge in [-0.15, -0.1) is 0 Å². The number of phenolic OH excluding ortho intramolecular Hbond substituents is 1. The molecule has 17 heavy (non-hydrogen) atoms. The van der Waals surface area contributed by atoms with Gasteiger partial charge in [-0.1, -0.05) is 32.9 Å². The zero-order valence-electron chi connectivity index (χ0n) is 10.7. The van der Waals surface area contributed by atoms with Crippen LogP contribution in [-0.2, 0) is 4.79 Å². The van der Waals surface area contributed by atoms with E-state index in [9.17, 15) is 9.90 Å². The van der Waals surface area contributed by atoms with Crippen molar-refractivity contribution in [2.24, 2.45) is 11.8 Å². The van der Waals surface area contributed by atoms with Crippen LogP contribution in [0.1, 0.15) is 33.6 Å². The quantitative estimate of drug-likeness (QED) is 0.768. The minimum Gasteiger partial charge on any atom is -0.506 e. The Bertz CT molecular complexity index is 374. The maximum atomic E-state index is 12.0. The maximum absolute atomic E-state index is 12.0. The lowest BCUT2D eigenvalue weighted by Crippen LogP contribution is -2.23. The Morgan fingerprint density at radius 1 is 1.35 bits per heavy atom. The van der Waals surface area contributed by atoms with E-state index in [1.807, 2.05) is 6.92 Å². The number of hydrogen-bond acceptors (Lipinski definition) is 2. The van der Waals surface area contributed by atoms with Crippen molar-refractivity contribution in [1.29, 1.82) is 0 Å². The summed E-state index contributed by atoms with van der Waals surface area (Å²) in [6.07, 6.45) is 1.69. The summed E-state index contributed by atoms with van der Waals surface area (Å²) < 4.78 is 0. The van der Waals surface area contributed by atoms with Gasteiger partial charge in [-0.2, -0.15) is 0 Å². The number of para-hydroxylation sites is 2. The molecule has 0 aliphatic rings. The van der Waals surface area contributed by atoms with Crippen molar-refractivity contribution in [3.8, 4) is 5.75 Å². The number of carbonyl (C=O) groups excluding carboxylic acids is 1. The molecule has 0 radical (unpaired) electrons.